The number of hydrogen-bond donors (Lipinski definition) is 1. The average molecular weight is 386 g/mol. The Bertz CT molecular complexity index is 836. The molecule has 0 aliphatic heterocycles. The molecule has 142 valence electrons. The summed E-state index contributed by atoms with van der Waals surface area (Å²) in [6.45, 7) is 4.03. The van der Waals surface area contributed by atoms with Crippen molar-refractivity contribution in [2.24, 2.45) is 0 Å². The van der Waals surface area contributed by atoms with Gasteiger partial charge in [0, 0.05) is 12.1 Å². The molecule has 0 amide bonds. The summed E-state index contributed by atoms with van der Waals surface area (Å²) in [5.41, 5.74) is 4.24. The van der Waals surface area contributed by atoms with Crippen LogP contribution in [0.4, 0.5) is 4.39 Å². The molecule has 0 fully saturated rings. The number of ether oxygens (including phenoxy) is 1. The molecule has 3 rings (SSSR count). The number of halogens is 2. The van der Waals surface area contributed by atoms with E-state index >= 15 is 0 Å². The number of rotatable bonds is 8. The Morgan fingerprint density at radius 1 is 0.852 bits per heavy atom. The first-order valence-corrected chi connectivity index (χ1v) is 8.93. The second-order valence-corrected chi connectivity index (χ2v) is 6.40. The molecule has 1 N–H and O–H groups in total. The van der Waals surface area contributed by atoms with Crippen molar-refractivity contribution in [1.29, 1.82) is 0 Å². The molecular formula is C23H25ClFNO. The standard InChI is InChI=1S/C23H24FNO.ClH/c1-18-10-12-19(13-11-18)17-26-23-9-5-3-7-21(23)16-25-15-14-20-6-2-4-8-22(20)24;/h2-13,25H,14-17H2,1H3;1H. The molecule has 0 aromatic heterocycles. The monoisotopic (exact) mass is 385 g/mol. The first kappa shape index (κ1) is 20.9. The molecule has 0 unspecified atom stereocenters. The van der Waals surface area contributed by atoms with Gasteiger partial charge in [0.15, 0.2) is 0 Å². The zero-order valence-corrected chi connectivity index (χ0v) is 16.3. The highest BCUT2D eigenvalue weighted by Crippen LogP contribution is 2.19. The van der Waals surface area contributed by atoms with Crippen LogP contribution in [-0.4, -0.2) is 6.54 Å². The zero-order valence-electron chi connectivity index (χ0n) is 15.5. The highest BCUT2D eigenvalue weighted by Gasteiger charge is 2.04. The van der Waals surface area contributed by atoms with Crippen LogP contribution in [0.25, 0.3) is 0 Å². The molecule has 0 saturated carbocycles. The molecule has 0 aliphatic rings. The van der Waals surface area contributed by atoms with Gasteiger partial charge < -0.3 is 10.1 Å². The highest BCUT2D eigenvalue weighted by molar-refractivity contribution is 5.85. The van der Waals surface area contributed by atoms with E-state index in [4.69, 9.17) is 4.74 Å². The van der Waals surface area contributed by atoms with Crippen LogP contribution in [0.2, 0.25) is 0 Å². The van der Waals surface area contributed by atoms with E-state index in [9.17, 15) is 4.39 Å². The molecule has 27 heavy (non-hydrogen) atoms. The smallest absolute Gasteiger partial charge is 0.126 e. The van der Waals surface area contributed by atoms with Crippen molar-refractivity contribution in [1.82, 2.24) is 5.32 Å². The lowest BCUT2D eigenvalue weighted by Gasteiger charge is -2.12. The second kappa shape index (κ2) is 10.7. The summed E-state index contributed by atoms with van der Waals surface area (Å²) in [7, 11) is 0. The van der Waals surface area contributed by atoms with E-state index < -0.39 is 0 Å². The van der Waals surface area contributed by atoms with E-state index in [-0.39, 0.29) is 18.2 Å². The van der Waals surface area contributed by atoms with E-state index in [1.807, 2.05) is 30.3 Å². The predicted molar refractivity (Wildman–Crippen MR) is 111 cm³/mol. The molecular weight excluding hydrogens is 361 g/mol. The number of hydrogen-bond acceptors (Lipinski definition) is 2. The fourth-order valence-corrected chi connectivity index (χ4v) is 2.78. The third-order valence-electron chi connectivity index (χ3n) is 4.33. The van der Waals surface area contributed by atoms with Crippen molar-refractivity contribution in [2.75, 3.05) is 6.54 Å². The molecule has 0 saturated heterocycles. The SMILES string of the molecule is Cc1ccc(COc2ccccc2CNCCc2ccccc2F)cc1.Cl. The summed E-state index contributed by atoms with van der Waals surface area (Å²) in [6.07, 6.45) is 0.666. The summed E-state index contributed by atoms with van der Waals surface area (Å²) in [6, 6.07) is 23.3. The summed E-state index contributed by atoms with van der Waals surface area (Å²) in [5, 5.41) is 3.38. The largest absolute Gasteiger partial charge is 0.489 e. The van der Waals surface area contributed by atoms with Gasteiger partial charge in [-0.3, -0.25) is 0 Å². The molecule has 0 aliphatic carbocycles. The van der Waals surface area contributed by atoms with Crippen molar-refractivity contribution in [2.45, 2.75) is 26.5 Å². The summed E-state index contributed by atoms with van der Waals surface area (Å²) in [5.74, 6) is 0.739. The lowest BCUT2D eigenvalue weighted by Crippen LogP contribution is -2.17. The normalized spacial score (nSPS) is 10.3. The van der Waals surface area contributed by atoms with Crippen molar-refractivity contribution < 1.29 is 9.13 Å². The van der Waals surface area contributed by atoms with Crippen LogP contribution in [0.3, 0.4) is 0 Å². The molecule has 3 aromatic rings. The first-order chi connectivity index (χ1) is 12.7. The van der Waals surface area contributed by atoms with Gasteiger partial charge in [-0.15, -0.1) is 12.4 Å². The van der Waals surface area contributed by atoms with Crippen LogP contribution in [0, 0.1) is 12.7 Å². The Morgan fingerprint density at radius 3 is 2.26 bits per heavy atom. The van der Waals surface area contributed by atoms with Gasteiger partial charge in [-0.05, 0) is 43.1 Å². The van der Waals surface area contributed by atoms with Crippen molar-refractivity contribution in [3.8, 4) is 5.75 Å². The minimum absolute atomic E-state index is 0. The van der Waals surface area contributed by atoms with Gasteiger partial charge in [-0.25, -0.2) is 4.39 Å². The number of nitrogens with one attached hydrogen (secondary N) is 1. The van der Waals surface area contributed by atoms with Gasteiger partial charge in [0.05, 0.1) is 0 Å². The Hall–Kier alpha value is -2.36. The zero-order chi connectivity index (χ0) is 18.2. The lowest BCUT2D eigenvalue weighted by atomic mass is 10.1. The van der Waals surface area contributed by atoms with Gasteiger partial charge in [-0.1, -0.05) is 66.2 Å². The van der Waals surface area contributed by atoms with Crippen molar-refractivity contribution in [3.05, 3.63) is 101 Å². The fourth-order valence-electron chi connectivity index (χ4n) is 2.78. The molecule has 0 bridgehead atoms. The summed E-state index contributed by atoms with van der Waals surface area (Å²) < 4.78 is 19.6. The molecule has 0 atom stereocenters. The van der Waals surface area contributed by atoms with Gasteiger partial charge in [0.2, 0.25) is 0 Å². The molecule has 0 radical (unpaired) electrons. The van der Waals surface area contributed by atoms with Crippen LogP contribution in [0.1, 0.15) is 22.3 Å². The van der Waals surface area contributed by atoms with E-state index in [1.165, 1.54) is 11.6 Å². The summed E-state index contributed by atoms with van der Waals surface area (Å²) in [4.78, 5) is 0. The van der Waals surface area contributed by atoms with Gasteiger partial charge in [0.25, 0.3) is 0 Å². The molecule has 3 aromatic carbocycles. The maximum atomic E-state index is 13.6. The maximum absolute atomic E-state index is 13.6. The van der Waals surface area contributed by atoms with E-state index in [0.717, 1.165) is 22.4 Å². The topological polar surface area (TPSA) is 21.3 Å². The van der Waals surface area contributed by atoms with Crippen LogP contribution >= 0.6 is 12.4 Å². The second-order valence-electron chi connectivity index (χ2n) is 6.40. The lowest BCUT2D eigenvalue weighted by molar-refractivity contribution is 0.302. The van der Waals surface area contributed by atoms with E-state index in [0.29, 0.717) is 26.1 Å². The van der Waals surface area contributed by atoms with Gasteiger partial charge in [-0.2, -0.15) is 0 Å². The van der Waals surface area contributed by atoms with E-state index in [2.05, 4.69) is 42.6 Å². The Kier molecular flexibility index (Phi) is 8.31. The maximum Gasteiger partial charge on any atom is 0.126 e. The number of para-hydroxylation sites is 1. The van der Waals surface area contributed by atoms with Gasteiger partial charge in [0.1, 0.15) is 18.2 Å². The molecule has 0 spiro atoms. The van der Waals surface area contributed by atoms with Crippen LogP contribution < -0.4 is 10.1 Å². The molecule has 0 heterocycles. The van der Waals surface area contributed by atoms with Crippen LogP contribution in [-0.2, 0) is 19.6 Å². The minimum atomic E-state index is -0.142. The van der Waals surface area contributed by atoms with Gasteiger partial charge >= 0.3 is 0 Å². The predicted octanol–water partition coefficient (Wildman–Crippen LogP) is 5.47. The Morgan fingerprint density at radius 2 is 1.52 bits per heavy atom. The first-order valence-electron chi connectivity index (χ1n) is 8.93. The average Bonchev–Trinajstić information content (AvgIpc) is 2.67. The third-order valence-corrected chi connectivity index (χ3v) is 4.33. The minimum Gasteiger partial charge on any atom is -0.489 e. The number of aryl methyl sites for hydroxylation is 1. The third kappa shape index (κ3) is 6.38. The van der Waals surface area contributed by atoms with Crippen LogP contribution in [0.5, 0.6) is 5.75 Å². The van der Waals surface area contributed by atoms with Crippen LogP contribution in [0.15, 0.2) is 72.8 Å². The highest BCUT2D eigenvalue weighted by atomic mass is 35.5. The Labute approximate surface area is 166 Å². The fraction of sp³-hybridized carbons (Fsp3) is 0.217. The number of benzene rings is 3. The van der Waals surface area contributed by atoms with Crippen molar-refractivity contribution >= 4 is 12.4 Å². The molecule has 4 heteroatoms. The van der Waals surface area contributed by atoms with E-state index in [1.54, 1.807) is 6.07 Å². The summed E-state index contributed by atoms with van der Waals surface area (Å²) >= 11 is 0. The quantitative estimate of drug-likeness (QED) is 0.519. The Balaban J connectivity index is 0.00000261. The van der Waals surface area contributed by atoms with Crippen molar-refractivity contribution in [3.63, 3.8) is 0 Å². The molecule has 2 nitrogen and oxygen atoms in total.